The Morgan fingerprint density at radius 1 is 1.22 bits per heavy atom. The molecule has 7 nitrogen and oxygen atoms in total. The van der Waals surface area contributed by atoms with Crippen LogP contribution in [0.2, 0.25) is 5.15 Å². The van der Waals surface area contributed by atoms with Gasteiger partial charge in [-0.15, -0.1) is 0 Å². The largest absolute Gasteiger partial charge is 0.382 e. The molecule has 138 valence electrons. The second-order valence-electron chi connectivity index (χ2n) is 5.91. The lowest BCUT2D eigenvalue weighted by Crippen LogP contribution is -2.07. The first kappa shape index (κ1) is 17.3. The maximum atomic E-state index is 14.7. The summed E-state index contributed by atoms with van der Waals surface area (Å²) in [6, 6.07) is 6.84. The van der Waals surface area contributed by atoms with Gasteiger partial charge in [-0.1, -0.05) is 16.8 Å². The number of aromatic nitrogens is 4. The lowest BCUT2D eigenvalue weighted by atomic mass is 10.2. The first-order valence-corrected chi connectivity index (χ1v) is 8.74. The van der Waals surface area contributed by atoms with Crippen LogP contribution >= 0.6 is 11.6 Å². The van der Waals surface area contributed by atoms with E-state index in [-0.39, 0.29) is 5.58 Å². The molecular formula is C18H16ClFN6O. The minimum atomic E-state index is -0.468. The zero-order chi connectivity index (χ0) is 18.6. The van der Waals surface area contributed by atoms with Crippen LogP contribution in [0.3, 0.4) is 0 Å². The molecule has 0 spiro atoms. The van der Waals surface area contributed by atoms with Gasteiger partial charge in [-0.25, -0.2) is 14.4 Å². The number of aryl methyl sites for hydroxylation is 1. The molecule has 3 heterocycles. The monoisotopic (exact) mass is 386 g/mol. The number of imidazole rings is 1. The van der Waals surface area contributed by atoms with E-state index in [0.29, 0.717) is 34.3 Å². The third-order valence-corrected chi connectivity index (χ3v) is 4.26. The number of fused-ring (bicyclic) bond motifs is 1. The Morgan fingerprint density at radius 3 is 2.93 bits per heavy atom. The number of rotatable bonds is 7. The molecule has 0 aliphatic carbocycles. The van der Waals surface area contributed by atoms with Crippen molar-refractivity contribution in [2.75, 3.05) is 17.2 Å². The third-order valence-electron chi connectivity index (χ3n) is 4.04. The predicted octanol–water partition coefficient (Wildman–Crippen LogP) is 4.46. The highest BCUT2D eigenvalue weighted by Crippen LogP contribution is 2.31. The summed E-state index contributed by atoms with van der Waals surface area (Å²) < 4.78 is 21.9. The Morgan fingerprint density at radius 2 is 2.15 bits per heavy atom. The zero-order valence-electron chi connectivity index (χ0n) is 14.2. The fraction of sp³-hybridized carbons (Fsp3) is 0.167. The highest BCUT2D eigenvalue weighted by molar-refractivity contribution is 6.29. The SMILES string of the molecule is Fc1c(NCCCn2ccnc2)ccc2c(Nc3ccc(Cl)nc3)noc12. The fourth-order valence-corrected chi connectivity index (χ4v) is 2.80. The summed E-state index contributed by atoms with van der Waals surface area (Å²) in [5, 5.41) is 11.0. The normalized spacial score (nSPS) is 11.0. The molecular weight excluding hydrogens is 371 g/mol. The van der Waals surface area contributed by atoms with Gasteiger partial charge in [0.25, 0.3) is 0 Å². The third kappa shape index (κ3) is 3.85. The van der Waals surface area contributed by atoms with E-state index in [1.54, 1.807) is 43.0 Å². The molecule has 0 aliphatic rings. The van der Waals surface area contributed by atoms with Crippen LogP contribution in [0.15, 0.2) is 53.7 Å². The highest BCUT2D eigenvalue weighted by Gasteiger charge is 2.16. The van der Waals surface area contributed by atoms with Gasteiger partial charge in [-0.3, -0.25) is 0 Å². The molecule has 0 atom stereocenters. The van der Waals surface area contributed by atoms with E-state index in [1.165, 1.54) is 0 Å². The van der Waals surface area contributed by atoms with Gasteiger partial charge in [-0.2, -0.15) is 0 Å². The molecule has 0 fully saturated rings. The summed E-state index contributed by atoms with van der Waals surface area (Å²) in [6.07, 6.45) is 7.78. The Labute approximate surface area is 159 Å². The van der Waals surface area contributed by atoms with E-state index in [9.17, 15) is 4.39 Å². The number of hydrogen-bond donors (Lipinski definition) is 2. The summed E-state index contributed by atoms with van der Waals surface area (Å²) in [4.78, 5) is 7.98. The van der Waals surface area contributed by atoms with Crippen LogP contribution in [-0.2, 0) is 6.54 Å². The summed E-state index contributed by atoms with van der Waals surface area (Å²) >= 11 is 5.77. The van der Waals surface area contributed by atoms with E-state index >= 15 is 0 Å². The number of hydrogen-bond acceptors (Lipinski definition) is 6. The van der Waals surface area contributed by atoms with Gasteiger partial charge >= 0.3 is 0 Å². The van der Waals surface area contributed by atoms with Gasteiger partial charge in [-0.05, 0) is 30.7 Å². The van der Waals surface area contributed by atoms with Crippen molar-refractivity contribution in [3.63, 3.8) is 0 Å². The van der Waals surface area contributed by atoms with E-state index < -0.39 is 5.82 Å². The number of anilines is 3. The Bertz CT molecular complexity index is 1030. The van der Waals surface area contributed by atoms with Crippen molar-refractivity contribution in [2.24, 2.45) is 0 Å². The van der Waals surface area contributed by atoms with Crippen LogP contribution in [0.1, 0.15) is 6.42 Å². The number of pyridine rings is 1. The highest BCUT2D eigenvalue weighted by atomic mass is 35.5. The fourth-order valence-electron chi connectivity index (χ4n) is 2.69. The topological polar surface area (TPSA) is 80.8 Å². The second kappa shape index (κ2) is 7.63. The van der Waals surface area contributed by atoms with Crippen LogP contribution in [-0.4, -0.2) is 26.2 Å². The van der Waals surface area contributed by atoms with Crippen molar-refractivity contribution >= 4 is 39.8 Å². The van der Waals surface area contributed by atoms with Crippen molar-refractivity contribution < 1.29 is 8.91 Å². The minimum absolute atomic E-state index is 0.0963. The molecule has 3 aromatic heterocycles. The lowest BCUT2D eigenvalue weighted by Gasteiger charge is -2.08. The van der Waals surface area contributed by atoms with Gasteiger partial charge in [0.1, 0.15) is 5.15 Å². The molecule has 0 unspecified atom stereocenters. The van der Waals surface area contributed by atoms with Gasteiger partial charge in [0.15, 0.2) is 11.6 Å². The van der Waals surface area contributed by atoms with Gasteiger partial charge in [0.2, 0.25) is 5.58 Å². The van der Waals surface area contributed by atoms with Crippen LogP contribution in [0, 0.1) is 5.82 Å². The van der Waals surface area contributed by atoms with Gasteiger partial charge in [0.05, 0.1) is 29.3 Å². The maximum absolute atomic E-state index is 14.7. The average Bonchev–Trinajstić information content (AvgIpc) is 3.33. The summed E-state index contributed by atoms with van der Waals surface area (Å²) in [6.45, 7) is 1.43. The van der Waals surface area contributed by atoms with Crippen molar-refractivity contribution in [3.8, 4) is 0 Å². The molecule has 4 aromatic rings. The van der Waals surface area contributed by atoms with Crippen molar-refractivity contribution in [1.82, 2.24) is 19.7 Å². The number of halogens is 2. The van der Waals surface area contributed by atoms with Crippen molar-refractivity contribution in [1.29, 1.82) is 0 Å². The van der Waals surface area contributed by atoms with E-state index in [4.69, 9.17) is 16.1 Å². The van der Waals surface area contributed by atoms with Crippen LogP contribution in [0.25, 0.3) is 11.0 Å². The summed E-state index contributed by atoms with van der Waals surface area (Å²) in [5.74, 6) is -0.0513. The standard InChI is InChI=1S/C18H16ClFN6O/c19-15-5-2-12(10-23-15)24-18-13-3-4-14(16(20)17(13)27-25-18)22-6-1-8-26-9-7-21-11-26/h2-5,7,9-11,22H,1,6,8H2,(H,24,25). The molecule has 2 N–H and O–H groups in total. The van der Waals surface area contributed by atoms with Crippen LogP contribution in [0.4, 0.5) is 21.6 Å². The number of benzene rings is 1. The molecule has 0 bridgehead atoms. The van der Waals surface area contributed by atoms with E-state index in [0.717, 1.165) is 13.0 Å². The Kier molecular flexibility index (Phi) is 4.88. The molecule has 9 heteroatoms. The van der Waals surface area contributed by atoms with Gasteiger partial charge < -0.3 is 19.7 Å². The molecule has 0 saturated heterocycles. The zero-order valence-corrected chi connectivity index (χ0v) is 14.9. The smallest absolute Gasteiger partial charge is 0.206 e. The maximum Gasteiger partial charge on any atom is 0.206 e. The molecule has 27 heavy (non-hydrogen) atoms. The first-order chi connectivity index (χ1) is 13.2. The molecule has 0 saturated carbocycles. The molecule has 0 aliphatic heterocycles. The van der Waals surface area contributed by atoms with E-state index in [1.807, 2.05) is 10.8 Å². The second-order valence-corrected chi connectivity index (χ2v) is 6.30. The summed E-state index contributed by atoms with van der Waals surface area (Å²) in [7, 11) is 0. The van der Waals surface area contributed by atoms with E-state index in [2.05, 4.69) is 25.8 Å². The number of nitrogens with zero attached hydrogens (tertiary/aromatic N) is 4. The minimum Gasteiger partial charge on any atom is -0.382 e. The first-order valence-electron chi connectivity index (χ1n) is 8.37. The summed E-state index contributed by atoms with van der Waals surface area (Å²) in [5.41, 5.74) is 1.15. The lowest BCUT2D eigenvalue weighted by molar-refractivity contribution is 0.444. The quantitative estimate of drug-likeness (QED) is 0.360. The molecule has 1 aromatic carbocycles. The molecule has 0 amide bonds. The van der Waals surface area contributed by atoms with Crippen LogP contribution < -0.4 is 10.6 Å². The predicted molar refractivity (Wildman–Crippen MR) is 102 cm³/mol. The van der Waals surface area contributed by atoms with Crippen molar-refractivity contribution in [2.45, 2.75) is 13.0 Å². The molecule has 0 radical (unpaired) electrons. The van der Waals surface area contributed by atoms with Crippen LogP contribution in [0.5, 0.6) is 0 Å². The molecule has 4 rings (SSSR count). The Balaban J connectivity index is 1.45. The Hall–Kier alpha value is -3.13. The van der Waals surface area contributed by atoms with Crippen molar-refractivity contribution in [3.05, 3.63) is 60.2 Å². The number of nitrogens with one attached hydrogen (secondary N) is 2. The average molecular weight is 387 g/mol. The van der Waals surface area contributed by atoms with Gasteiger partial charge in [0, 0.05) is 25.5 Å².